The van der Waals surface area contributed by atoms with Gasteiger partial charge in [0, 0.05) is 0 Å². The molecule has 0 saturated carbocycles. The summed E-state index contributed by atoms with van der Waals surface area (Å²) in [6.45, 7) is 5.56. The number of rotatable bonds is 4. The van der Waals surface area contributed by atoms with Gasteiger partial charge in [-0.1, -0.05) is 13.0 Å². The molecule has 1 aromatic rings. The lowest BCUT2D eigenvalue weighted by atomic mass is 10.1. The smallest absolute Gasteiger partial charge is 0.342 e. The summed E-state index contributed by atoms with van der Waals surface area (Å²) in [5, 5.41) is 8.90. The molecule has 1 N–H and O–H groups in total. The van der Waals surface area contributed by atoms with Crippen LogP contribution in [0.3, 0.4) is 0 Å². The van der Waals surface area contributed by atoms with Gasteiger partial charge in [0.15, 0.2) is 0 Å². The molecule has 0 aliphatic rings. The highest BCUT2D eigenvalue weighted by Gasteiger charge is 2.23. The maximum atomic E-state index is 13.3. The SMILES string of the molecule is CCC(C)(C)Oc1cccc(F)c1C(=O)O. The molecule has 88 valence electrons. The van der Waals surface area contributed by atoms with Gasteiger partial charge in [-0.2, -0.15) is 0 Å². The lowest BCUT2D eigenvalue weighted by Gasteiger charge is -2.25. The van der Waals surface area contributed by atoms with Crippen LogP contribution in [0.1, 0.15) is 37.6 Å². The van der Waals surface area contributed by atoms with Gasteiger partial charge < -0.3 is 9.84 Å². The number of carboxylic acid groups (broad SMARTS) is 1. The Kier molecular flexibility index (Phi) is 3.52. The van der Waals surface area contributed by atoms with Crippen molar-refractivity contribution in [1.29, 1.82) is 0 Å². The van der Waals surface area contributed by atoms with Gasteiger partial charge in [0.05, 0.1) is 0 Å². The molecule has 0 fully saturated rings. The van der Waals surface area contributed by atoms with Crippen LogP contribution >= 0.6 is 0 Å². The van der Waals surface area contributed by atoms with Gasteiger partial charge in [0.2, 0.25) is 0 Å². The summed E-state index contributed by atoms with van der Waals surface area (Å²) in [6.07, 6.45) is 0.697. The molecule has 0 saturated heterocycles. The minimum Gasteiger partial charge on any atom is -0.487 e. The van der Waals surface area contributed by atoms with E-state index in [9.17, 15) is 9.18 Å². The van der Waals surface area contributed by atoms with Crippen LogP contribution in [0.4, 0.5) is 4.39 Å². The Morgan fingerprint density at radius 2 is 2.12 bits per heavy atom. The van der Waals surface area contributed by atoms with Crippen molar-refractivity contribution in [2.45, 2.75) is 32.8 Å². The van der Waals surface area contributed by atoms with E-state index in [1.807, 2.05) is 20.8 Å². The van der Waals surface area contributed by atoms with Crippen molar-refractivity contribution in [3.05, 3.63) is 29.6 Å². The fourth-order valence-corrected chi connectivity index (χ4v) is 1.17. The monoisotopic (exact) mass is 226 g/mol. The predicted octanol–water partition coefficient (Wildman–Crippen LogP) is 3.09. The molecule has 0 heterocycles. The molecule has 0 aliphatic heterocycles. The summed E-state index contributed by atoms with van der Waals surface area (Å²) in [7, 11) is 0. The van der Waals surface area contributed by atoms with Gasteiger partial charge in [-0.15, -0.1) is 0 Å². The second-order valence-electron chi connectivity index (χ2n) is 4.13. The Morgan fingerprint density at radius 1 is 1.50 bits per heavy atom. The second kappa shape index (κ2) is 4.51. The molecule has 0 atom stereocenters. The Bertz CT molecular complexity index is 399. The Hall–Kier alpha value is -1.58. The van der Waals surface area contributed by atoms with Crippen LogP contribution in [0, 0.1) is 5.82 Å². The van der Waals surface area contributed by atoms with E-state index in [1.54, 1.807) is 0 Å². The molecule has 3 nitrogen and oxygen atoms in total. The largest absolute Gasteiger partial charge is 0.487 e. The number of halogens is 1. The van der Waals surface area contributed by atoms with Crippen LogP contribution in [-0.2, 0) is 0 Å². The average Bonchev–Trinajstić information content (AvgIpc) is 2.16. The minimum atomic E-state index is -1.32. The van der Waals surface area contributed by atoms with Crippen LogP contribution in [-0.4, -0.2) is 16.7 Å². The van der Waals surface area contributed by atoms with Crippen LogP contribution < -0.4 is 4.74 Å². The first-order chi connectivity index (χ1) is 7.37. The van der Waals surface area contributed by atoms with Crippen molar-refractivity contribution < 1.29 is 19.0 Å². The van der Waals surface area contributed by atoms with Gasteiger partial charge >= 0.3 is 5.97 Å². The third-order valence-corrected chi connectivity index (χ3v) is 2.43. The molecule has 16 heavy (non-hydrogen) atoms. The van der Waals surface area contributed by atoms with Crippen molar-refractivity contribution in [3.63, 3.8) is 0 Å². The van der Waals surface area contributed by atoms with Crippen molar-refractivity contribution in [3.8, 4) is 5.75 Å². The first-order valence-corrected chi connectivity index (χ1v) is 5.08. The van der Waals surface area contributed by atoms with E-state index in [2.05, 4.69) is 0 Å². The van der Waals surface area contributed by atoms with Gasteiger partial charge in [0.25, 0.3) is 0 Å². The third-order valence-electron chi connectivity index (χ3n) is 2.43. The highest BCUT2D eigenvalue weighted by molar-refractivity contribution is 5.91. The zero-order valence-corrected chi connectivity index (χ0v) is 9.58. The number of hydrogen-bond donors (Lipinski definition) is 1. The fraction of sp³-hybridized carbons (Fsp3) is 0.417. The van der Waals surface area contributed by atoms with E-state index in [0.717, 1.165) is 6.07 Å². The van der Waals surface area contributed by atoms with Gasteiger partial charge in [-0.25, -0.2) is 9.18 Å². The Labute approximate surface area is 93.9 Å². The zero-order valence-electron chi connectivity index (χ0n) is 9.58. The second-order valence-corrected chi connectivity index (χ2v) is 4.13. The number of aromatic carboxylic acids is 1. The summed E-state index contributed by atoms with van der Waals surface area (Å²) in [5.74, 6) is -2.03. The Morgan fingerprint density at radius 3 is 2.62 bits per heavy atom. The molecule has 0 bridgehead atoms. The molecule has 1 aromatic carbocycles. The van der Waals surface area contributed by atoms with E-state index >= 15 is 0 Å². The van der Waals surface area contributed by atoms with Crippen LogP contribution in [0.25, 0.3) is 0 Å². The predicted molar refractivity (Wildman–Crippen MR) is 58.4 cm³/mol. The van der Waals surface area contributed by atoms with Gasteiger partial charge in [0.1, 0.15) is 22.7 Å². The molecule has 0 spiro atoms. The molecular formula is C12H15FO3. The normalized spacial score (nSPS) is 11.2. The van der Waals surface area contributed by atoms with Crippen molar-refractivity contribution in [1.82, 2.24) is 0 Å². The van der Waals surface area contributed by atoms with E-state index in [4.69, 9.17) is 9.84 Å². The Balaban J connectivity index is 3.14. The van der Waals surface area contributed by atoms with Crippen LogP contribution in [0.2, 0.25) is 0 Å². The summed E-state index contributed by atoms with van der Waals surface area (Å²) < 4.78 is 18.8. The summed E-state index contributed by atoms with van der Waals surface area (Å²) >= 11 is 0. The summed E-state index contributed by atoms with van der Waals surface area (Å²) in [5.41, 5.74) is -0.929. The molecule has 0 aromatic heterocycles. The van der Waals surface area contributed by atoms with E-state index in [-0.39, 0.29) is 5.75 Å². The van der Waals surface area contributed by atoms with E-state index < -0.39 is 23.0 Å². The number of carboxylic acids is 1. The highest BCUT2D eigenvalue weighted by atomic mass is 19.1. The first kappa shape index (κ1) is 12.5. The number of benzene rings is 1. The van der Waals surface area contributed by atoms with E-state index in [0.29, 0.717) is 6.42 Å². The average molecular weight is 226 g/mol. The first-order valence-electron chi connectivity index (χ1n) is 5.08. The summed E-state index contributed by atoms with van der Waals surface area (Å²) in [6, 6.07) is 4.00. The standard InChI is InChI=1S/C12H15FO3/c1-4-12(2,3)16-9-7-5-6-8(13)10(9)11(14)15/h5-7H,4H2,1-3H3,(H,14,15). The molecule has 0 unspecified atom stereocenters. The van der Waals surface area contributed by atoms with Gasteiger partial charge in [-0.3, -0.25) is 0 Å². The van der Waals surface area contributed by atoms with E-state index in [1.165, 1.54) is 12.1 Å². The maximum absolute atomic E-state index is 13.3. The molecule has 0 radical (unpaired) electrons. The molecule has 1 rings (SSSR count). The fourth-order valence-electron chi connectivity index (χ4n) is 1.17. The molecule has 4 heteroatoms. The minimum absolute atomic E-state index is 0.0688. The van der Waals surface area contributed by atoms with Crippen molar-refractivity contribution >= 4 is 5.97 Å². The molecule has 0 amide bonds. The van der Waals surface area contributed by atoms with Gasteiger partial charge in [-0.05, 0) is 32.4 Å². The molecular weight excluding hydrogens is 211 g/mol. The topological polar surface area (TPSA) is 46.5 Å². The zero-order chi connectivity index (χ0) is 12.3. The molecule has 0 aliphatic carbocycles. The maximum Gasteiger partial charge on any atom is 0.342 e. The number of hydrogen-bond acceptors (Lipinski definition) is 2. The number of ether oxygens (including phenoxy) is 1. The summed E-state index contributed by atoms with van der Waals surface area (Å²) in [4.78, 5) is 10.9. The van der Waals surface area contributed by atoms with Crippen LogP contribution in [0.15, 0.2) is 18.2 Å². The lowest BCUT2D eigenvalue weighted by molar-refractivity contribution is 0.0665. The van der Waals surface area contributed by atoms with Crippen molar-refractivity contribution in [2.24, 2.45) is 0 Å². The quantitative estimate of drug-likeness (QED) is 0.858. The van der Waals surface area contributed by atoms with Crippen LogP contribution in [0.5, 0.6) is 5.75 Å². The highest BCUT2D eigenvalue weighted by Crippen LogP contribution is 2.26. The third kappa shape index (κ3) is 2.72. The lowest BCUT2D eigenvalue weighted by Crippen LogP contribution is -2.28. The van der Waals surface area contributed by atoms with Crippen molar-refractivity contribution in [2.75, 3.05) is 0 Å². The number of carbonyl (C=O) groups is 1.